The second-order valence-corrected chi connectivity index (χ2v) is 5.13. The Labute approximate surface area is 142 Å². The molecule has 0 aromatic heterocycles. The van der Waals surface area contributed by atoms with E-state index in [-0.39, 0.29) is 0 Å². The number of hydrogen-bond acceptors (Lipinski definition) is 2. The Morgan fingerprint density at radius 1 is 0.741 bits per heavy atom. The van der Waals surface area contributed by atoms with Gasteiger partial charge < -0.3 is 9.84 Å². The van der Waals surface area contributed by atoms with Gasteiger partial charge in [-0.25, -0.2) is 8.78 Å². The second kappa shape index (κ2) is 6.86. The fourth-order valence-corrected chi connectivity index (χ4v) is 1.58. The lowest BCUT2D eigenvalue weighted by atomic mass is 9.94. The van der Waals surface area contributed by atoms with Crippen molar-refractivity contribution < 1.29 is 62.5 Å². The van der Waals surface area contributed by atoms with Crippen LogP contribution in [0.1, 0.15) is 0 Å². The Bertz CT molecular complexity index is 641. The third-order valence-corrected chi connectivity index (χ3v) is 3.20. The minimum Gasteiger partial charge on any atom is -0.508 e. The molecular weight excluding hydrogens is 416 g/mol. The van der Waals surface area contributed by atoms with E-state index in [0.717, 1.165) is 12.1 Å². The number of rotatable bonds is 8. The summed E-state index contributed by atoms with van der Waals surface area (Å²) in [7, 11) is 0. The minimum atomic E-state index is -7.58. The number of phenols is 1. The molecule has 0 aliphatic heterocycles. The van der Waals surface area contributed by atoms with E-state index in [1.165, 1.54) is 0 Å². The van der Waals surface area contributed by atoms with Crippen LogP contribution in [0.2, 0.25) is 0 Å². The standard InChI is InChI=1S/C13H8F12O2/c14-8(15)10(18,19)12(22,23)13(24,25)11(20,21)9(16,17)5-27-7-3-1-6(26)2-4-7/h1-4,8,26H,5H2. The second-order valence-electron chi connectivity index (χ2n) is 5.13. The van der Waals surface area contributed by atoms with Crippen molar-refractivity contribution in [2.45, 2.75) is 36.0 Å². The maximum Gasteiger partial charge on any atom is 0.384 e. The molecule has 1 aromatic carbocycles. The van der Waals surface area contributed by atoms with Gasteiger partial charge in [0, 0.05) is 0 Å². The molecule has 0 heterocycles. The van der Waals surface area contributed by atoms with E-state index in [2.05, 4.69) is 4.74 Å². The SMILES string of the molecule is Oc1ccc(OCC(F)(F)C(F)(F)C(F)(F)C(F)(F)C(F)(F)C(F)F)cc1. The van der Waals surface area contributed by atoms with Crippen LogP contribution >= 0.6 is 0 Å². The average molecular weight is 424 g/mol. The lowest BCUT2D eigenvalue weighted by Gasteiger charge is -2.39. The summed E-state index contributed by atoms with van der Waals surface area (Å²) in [4.78, 5) is 0. The number of hydrogen-bond donors (Lipinski definition) is 1. The maximum absolute atomic E-state index is 13.4. The number of ether oxygens (including phenoxy) is 1. The lowest BCUT2D eigenvalue weighted by Crippen LogP contribution is -2.69. The van der Waals surface area contributed by atoms with Crippen LogP contribution in [0, 0.1) is 0 Å². The molecule has 0 bridgehead atoms. The van der Waals surface area contributed by atoms with Crippen molar-refractivity contribution in [3.63, 3.8) is 0 Å². The zero-order valence-corrected chi connectivity index (χ0v) is 12.5. The molecule has 0 aliphatic carbocycles. The Kier molecular flexibility index (Phi) is 5.84. The van der Waals surface area contributed by atoms with E-state index in [1.54, 1.807) is 0 Å². The summed E-state index contributed by atoms with van der Waals surface area (Å²) in [6.07, 6.45) is -5.55. The molecule has 14 heteroatoms. The predicted molar refractivity (Wildman–Crippen MR) is 64.3 cm³/mol. The smallest absolute Gasteiger partial charge is 0.384 e. The van der Waals surface area contributed by atoms with Crippen LogP contribution in [-0.2, 0) is 0 Å². The summed E-state index contributed by atoms with van der Waals surface area (Å²) in [5.74, 6) is -36.7. The summed E-state index contributed by atoms with van der Waals surface area (Å²) in [6, 6.07) is 2.97. The van der Waals surface area contributed by atoms with Crippen LogP contribution in [-0.4, -0.2) is 47.8 Å². The average Bonchev–Trinajstić information content (AvgIpc) is 2.53. The highest BCUT2D eigenvalue weighted by atomic mass is 19.4. The van der Waals surface area contributed by atoms with Gasteiger partial charge in [-0.15, -0.1) is 0 Å². The molecule has 1 rings (SSSR count). The van der Waals surface area contributed by atoms with E-state index in [1.807, 2.05) is 0 Å². The van der Waals surface area contributed by atoms with Gasteiger partial charge in [-0.3, -0.25) is 0 Å². The third-order valence-electron chi connectivity index (χ3n) is 3.20. The first kappa shape index (κ1) is 23.0. The van der Waals surface area contributed by atoms with Crippen molar-refractivity contribution in [3.05, 3.63) is 24.3 Å². The van der Waals surface area contributed by atoms with Gasteiger partial charge in [0.05, 0.1) is 0 Å². The number of alkyl halides is 12. The van der Waals surface area contributed by atoms with E-state index < -0.39 is 54.1 Å². The molecule has 0 amide bonds. The molecule has 0 unspecified atom stereocenters. The number of halogens is 12. The fraction of sp³-hybridized carbons (Fsp3) is 0.538. The van der Waals surface area contributed by atoms with Crippen molar-refractivity contribution in [2.24, 2.45) is 0 Å². The van der Waals surface area contributed by atoms with Gasteiger partial charge in [-0.2, -0.15) is 43.9 Å². The van der Waals surface area contributed by atoms with Crippen molar-refractivity contribution in [1.82, 2.24) is 0 Å². The molecule has 0 atom stereocenters. The first-order valence-electron chi connectivity index (χ1n) is 6.51. The van der Waals surface area contributed by atoms with Crippen LogP contribution in [0.4, 0.5) is 52.7 Å². The number of benzene rings is 1. The molecule has 0 saturated carbocycles. The summed E-state index contributed by atoms with van der Waals surface area (Å²) in [5, 5.41) is 8.89. The van der Waals surface area contributed by atoms with Gasteiger partial charge in [-0.05, 0) is 24.3 Å². The van der Waals surface area contributed by atoms with E-state index >= 15 is 0 Å². The molecule has 1 aromatic rings. The first-order valence-corrected chi connectivity index (χ1v) is 6.51. The van der Waals surface area contributed by atoms with Crippen LogP contribution < -0.4 is 4.74 Å². The van der Waals surface area contributed by atoms with E-state index in [4.69, 9.17) is 5.11 Å². The topological polar surface area (TPSA) is 29.5 Å². The van der Waals surface area contributed by atoms with E-state index in [9.17, 15) is 52.7 Å². The van der Waals surface area contributed by atoms with Crippen LogP contribution in [0.25, 0.3) is 0 Å². The monoisotopic (exact) mass is 424 g/mol. The Balaban J connectivity index is 3.17. The van der Waals surface area contributed by atoms with Gasteiger partial charge in [0.15, 0.2) is 6.61 Å². The Hall–Kier alpha value is -2.02. The van der Waals surface area contributed by atoms with Crippen molar-refractivity contribution in [2.75, 3.05) is 6.61 Å². The molecule has 0 aliphatic rings. The molecule has 0 spiro atoms. The van der Waals surface area contributed by atoms with Crippen molar-refractivity contribution >= 4 is 0 Å². The molecule has 156 valence electrons. The molecule has 27 heavy (non-hydrogen) atoms. The van der Waals surface area contributed by atoms with Crippen LogP contribution in [0.5, 0.6) is 11.5 Å². The largest absolute Gasteiger partial charge is 0.508 e. The zero-order valence-electron chi connectivity index (χ0n) is 12.5. The van der Waals surface area contributed by atoms with Crippen LogP contribution in [0.3, 0.4) is 0 Å². The Morgan fingerprint density at radius 2 is 1.19 bits per heavy atom. The summed E-state index contributed by atoms with van der Waals surface area (Å²) in [6.45, 7) is -2.70. The number of phenolic OH excluding ortho intramolecular Hbond substituents is 1. The van der Waals surface area contributed by atoms with Gasteiger partial charge in [0.25, 0.3) is 0 Å². The minimum absolute atomic E-state index is 0.445. The van der Waals surface area contributed by atoms with Gasteiger partial charge in [0.1, 0.15) is 11.5 Å². The summed E-state index contributed by atoms with van der Waals surface area (Å²) < 4.78 is 159. The normalized spacial score (nSPS) is 14.6. The van der Waals surface area contributed by atoms with E-state index in [0.29, 0.717) is 12.1 Å². The predicted octanol–water partition coefficient (Wildman–Crippen LogP) is 5.21. The fourth-order valence-electron chi connectivity index (χ4n) is 1.58. The van der Waals surface area contributed by atoms with Crippen LogP contribution in [0.15, 0.2) is 24.3 Å². The molecule has 2 nitrogen and oxygen atoms in total. The summed E-state index contributed by atoms with van der Waals surface area (Å²) in [5.41, 5.74) is 0. The lowest BCUT2D eigenvalue weighted by molar-refractivity contribution is -0.414. The first-order chi connectivity index (χ1) is 11.9. The molecule has 0 fully saturated rings. The van der Waals surface area contributed by atoms with Gasteiger partial charge in [-0.1, -0.05) is 0 Å². The molecule has 0 saturated heterocycles. The number of aromatic hydroxyl groups is 1. The molecule has 0 radical (unpaired) electrons. The highest BCUT2D eigenvalue weighted by molar-refractivity contribution is 5.30. The van der Waals surface area contributed by atoms with Crippen molar-refractivity contribution in [1.29, 1.82) is 0 Å². The highest BCUT2D eigenvalue weighted by Crippen LogP contribution is 2.58. The van der Waals surface area contributed by atoms with Gasteiger partial charge >= 0.3 is 36.0 Å². The third kappa shape index (κ3) is 3.70. The quantitative estimate of drug-likeness (QED) is 0.581. The molecule has 1 N–H and O–H groups in total. The summed E-state index contributed by atoms with van der Waals surface area (Å²) >= 11 is 0. The highest BCUT2D eigenvalue weighted by Gasteiger charge is 2.87. The van der Waals surface area contributed by atoms with Gasteiger partial charge in [0.2, 0.25) is 0 Å². The zero-order chi connectivity index (χ0) is 21.5. The maximum atomic E-state index is 13.4. The molecular formula is C13H8F12O2. The Morgan fingerprint density at radius 3 is 1.59 bits per heavy atom. The van der Waals surface area contributed by atoms with Crippen molar-refractivity contribution in [3.8, 4) is 11.5 Å².